The summed E-state index contributed by atoms with van der Waals surface area (Å²) in [6, 6.07) is 5.08. The molecular formula is C10H14ClNOS. The second-order valence-electron chi connectivity index (χ2n) is 2.94. The molecule has 0 unspecified atom stereocenters. The molecule has 2 nitrogen and oxygen atoms in total. The average molecular weight is 232 g/mol. The lowest BCUT2D eigenvalue weighted by atomic mass is 10.2. The summed E-state index contributed by atoms with van der Waals surface area (Å²) >= 11 is 7.61. The van der Waals surface area contributed by atoms with Crippen LogP contribution in [0.5, 0.6) is 5.75 Å². The number of phenolic OH excluding ortho intramolecular Hbond substituents is 1. The highest BCUT2D eigenvalue weighted by Crippen LogP contribution is 2.20. The molecule has 1 rings (SSSR count). The highest BCUT2D eigenvalue weighted by Gasteiger charge is 2.00. The van der Waals surface area contributed by atoms with Gasteiger partial charge in [-0.25, -0.2) is 0 Å². The van der Waals surface area contributed by atoms with Crippen LogP contribution < -0.4 is 5.32 Å². The third-order valence-electron chi connectivity index (χ3n) is 1.84. The largest absolute Gasteiger partial charge is 0.508 e. The van der Waals surface area contributed by atoms with Crippen LogP contribution in [-0.2, 0) is 6.54 Å². The molecule has 0 radical (unpaired) electrons. The number of hydrogen-bond donors (Lipinski definition) is 2. The zero-order valence-electron chi connectivity index (χ0n) is 8.09. The van der Waals surface area contributed by atoms with Crippen LogP contribution in [0.15, 0.2) is 18.2 Å². The molecule has 1 aromatic carbocycles. The summed E-state index contributed by atoms with van der Waals surface area (Å²) in [7, 11) is 0. The Morgan fingerprint density at radius 1 is 1.50 bits per heavy atom. The Labute approximate surface area is 93.7 Å². The molecule has 0 saturated heterocycles. The molecule has 2 N–H and O–H groups in total. The summed E-state index contributed by atoms with van der Waals surface area (Å²) in [4.78, 5) is 0. The normalized spacial score (nSPS) is 10.4. The van der Waals surface area contributed by atoms with Crippen molar-refractivity contribution in [1.29, 1.82) is 0 Å². The molecule has 0 bridgehead atoms. The Hall–Kier alpha value is -0.380. The van der Waals surface area contributed by atoms with Crippen LogP contribution in [0, 0.1) is 0 Å². The molecule has 78 valence electrons. The van der Waals surface area contributed by atoms with Crippen LogP contribution in [0.25, 0.3) is 0 Å². The first-order chi connectivity index (χ1) is 6.74. The summed E-state index contributed by atoms with van der Waals surface area (Å²) in [6.07, 6.45) is 2.07. The van der Waals surface area contributed by atoms with Gasteiger partial charge >= 0.3 is 0 Å². The molecule has 0 heterocycles. The summed E-state index contributed by atoms with van der Waals surface area (Å²) in [5.74, 6) is 1.37. The fraction of sp³-hybridized carbons (Fsp3) is 0.400. The second-order valence-corrected chi connectivity index (χ2v) is 4.36. The Bertz CT molecular complexity index is 293. The second kappa shape index (κ2) is 6.17. The minimum atomic E-state index is 0.297. The standard InChI is InChI=1S/C10H14ClNOS/c1-14-5-4-12-7-8-6-9(11)2-3-10(8)13/h2-3,6,12-13H,4-5,7H2,1H3. The minimum Gasteiger partial charge on any atom is -0.508 e. The van der Waals surface area contributed by atoms with Crippen LogP contribution in [0.2, 0.25) is 5.02 Å². The van der Waals surface area contributed by atoms with Gasteiger partial charge in [0, 0.05) is 29.4 Å². The Morgan fingerprint density at radius 2 is 2.29 bits per heavy atom. The van der Waals surface area contributed by atoms with Gasteiger partial charge in [-0.05, 0) is 24.5 Å². The fourth-order valence-corrected chi connectivity index (χ4v) is 1.64. The van der Waals surface area contributed by atoms with Crippen molar-refractivity contribution in [3.8, 4) is 5.75 Å². The van der Waals surface area contributed by atoms with Crippen molar-refractivity contribution in [2.45, 2.75) is 6.54 Å². The van der Waals surface area contributed by atoms with Gasteiger partial charge in [0.05, 0.1) is 0 Å². The van der Waals surface area contributed by atoms with Crippen LogP contribution in [0.1, 0.15) is 5.56 Å². The van der Waals surface area contributed by atoms with Crippen molar-refractivity contribution in [2.24, 2.45) is 0 Å². The summed E-state index contributed by atoms with van der Waals surface area (Å²) in [5.41, 5.74) is 0.846. The third-order valence-corrected chi connectivity index (χ3v) is 2.69. The number of hydrogen-bond acceptors (Lipinski definition) is 3. The van der Waals surface area contributed by atoms with E-state index in [1.807, 2.05) is 0 Å². The lowest BCUT2D eigenvalue weighted by Gasteiger charge is -2.06. The van der Waals surface area contributed by atoms with Crippen LogP contribution in [0.3, 0.4) is 0 Å². The molecule has 0 aliphatic heterocycles. The molecule has 0 aliphatic rings. The van der Waals surface area contributed by atoms with Gasteiger partial charge in [-0.15, -0.1) is 0 Å². The minimum absolute atomic E-state index is 0.297. The van der Waals surface area contributed by atoms with E-state index >= 15 is 0 Å². The molecule has 0 amide bonds. The number of nitrogens with one attached hydrogen (secondary N) is 1. The lowest BCUT2D eigenvalue weighted by Crippen LogP contribution is -2.16. The summed E-state index contributed by atoms with van der Waals surface area (Å²) in [5, 5.41) is 13.4. The number of aromatic hydroxyl groups is 1. The highest BCUT2D eigenvalue weighted by molar-refractivity contribution is 7.98. The van der Waals surface area contributed by atoms with Gasteiger partial charge in [0.1, 0.15) is 5.75 Å². The van der Waals surface area contributed by atoms with Crippen LogP contribution >= 0.6 is 23.4 Å². The van der Waals surface area contributed by atoms with Crippen molar-refractivity contribution in [3.05, 3.63) is 28.8 Å². The van der Waals surface area contributed by atoms with E-state index in [2.05, 4.69) is 11.6 Å². The lowest BCUT2D eigenvalue weighted by molar-refractivity contribution is 0.465. The van der Waals surface area contributed by atoms with E-state index in [0.29, 0.717) is 17.3 Å². The molecule has 0 aliphatic carbocycles. The Morgan fingerprint density at radius 3 is 3.00 bits per heavy atom. The molecule has 0 spiro atoms. The molecule has 1 aromatic rings. The summed E-state index contributed by atoms with van der Waals surface area (Å²) < 4.78 is 0. The van der Waals surface area contributed by atoms with Crippen molar-refractivity contribution in [3.63, 3.8) is 0 Å². The third kappa shape index (κ3) is 3.78. The van der Waals surface area contributed by atoms with E-state index in [0.717, 1.165) is 17.9 Å². The van der Waals surface area contributed by atoms with E-state index in [1.54, 1.807) is 30.0 Å². The first-order valence-corrected chi connectivity index (χ1v) is 6.18. The van der Waals surface area contributed by atoms with Crippen molar-refractivity contribution in [1.82, 2.24) is 5.32 Å². The van der Waals surface area contributed by atoms with Crippen LogP contribution in [0.4, 0.5) is 0 Å². The fourth-order valence-electron chi connectivity index (χ4n) is 1.09. The maximum atomic E-state index is 9.49. The quantitative estimate of drug-likeness (QED) is 0.764. The SMILES string of the molecule is CSCCNCc1cc(Cl)ccc1O. The van der Waals surface area contributed by atoms with Crippen molar-refractivity contribution >= 4 is 23.4 Å². The number of phenols is 1. The number of halogens is 1. The number of rotatable bonds is 5. The van der Waals surface area contributed by atoms with Gasteiger partial charge in [0.15, 0.2) is 0 Å². The average Bonchev–Trinajstić information content (AvgIpc) is 2.18. The maximum absolute atomic E-state index is 9.49. The van der Waals surface area contributed by atoms with Gasteiger partial charge in [-0.2, -0.15) is 11.8 Å². The van der Waals surface area contributed by atoms with E-state index in [9.17, 15) is 5.11 Å². The van der Waals surface area contributed by atoms with Gasteiger partial charge in [0.25, 0.3) is 0 Å². The first-order valence-electron chi connectivity index (χ1n) is 4.41. The Kier molecular flexibility index (Phi) is 5.15. The molecule has 14 heavy (non-hydrogen) atoms. The zero-order valence-corrected chi connectivity index (χ0v) is 9.66. The van der Waals surface area contributed by atoms with Gasteiger partial charge < -0.3 is 10.4 Å². The van der Waals surface area contributed by atoms with Crippen molar-refractivity contribution < 1.29 is 5.11 Å². The first kappa shape index (κ1) is 11.7. The predicted octanol–water partition coefficient (Wildman–Crippen LogP) is 2.50. The number of thioether (sulfide) groups is 1. The van der Waals surface area contributed by atoms with E-state index in [4.69, 9.17) is 11.6 Å². The molecule has 0 aromatic heterocycles. The van der Waals surface area contributed by atoms with Gasteiger partial charge in [-0.3, -0.25) is 0 Å². The van der Waals surface area contributed by atoms with Gasteiger partial charge in [-0.1, -0.05) is 11.6 Å². The zero-order chi connectivity index (χ0) is 10.4. The van der Waals surface area contributed by atoms with E-state index in [1.165, 1.54) is 0 Å². The molecular weight excluding hydrogens is 218 g/mol. The maximum Gasteiger partial charge on any atom is 0.120 e. The summed E-state index contributed by atoms with van der Waals surface area (Å²) in [6.45, 7) is 1.60. The van der Waals surface area contributed by atoms with Crippen molar-refractivity contribution in [2.75, 3.05) is 18.6 Å². The topological polar surface area (TPSA) is 32.3 Å². The van der Waals surface area contributed by atoms with E-state index < -0.39 is 0 Å². The van der Waals surface area contributed by atoms with Gasteiger partial charge in [0.2, 0.25) is 0 Å². The Balaban J connectivity index is 2.45. The molecule has 4 heteroatoms. The van der Waals surface area contributed by atoms with E-state index in [-0.39, 0.29) is 0 Å². The smallest absolute Gasteiger partial charge is 0.120 e. The molecule has 0 atom stereocenters. The highest BCUT2D eigenvalue weighted by atomic mass is 35.5. The molecule has 0 saturated carbocycles. The number of benzene rings is 1. The molecule has 0 fully saturated rings. The monoisotopic (exact) mass is 231 g/mol. The van der Waals surface area contributed by atoms with Crippen LogP contribution in [-0.4, -0.2) is 23.7 Å². The predicted molar refractivity (Wildman–Crippen MR) is 63.2 cm³/mol.